The first kappa shape index (κ1) is 54.3. The number of piperazine rings is 1. The number of carbonyl (C=O) groups excluding carboxylic acids is 4. The highest BCUT2D eigenvalue weighted by atomic mass is 32.1. The Morgan fingerprint density at radius 3 is 2.55 bits per heavy atom. The molecule has 2 saturated carbocycles. The molecule has 7 aliphatic heterocycles. The van der Waals surface area contributed by atoms with E-state index in [2.05, 4.69) is 124 Å². The molecule has 13 rings (SSSR count). The van der Waals surface area contributed by atoms with Crippen molar-refractivity contribution in [2.75, 3.05) is 83.6 Å². The van der Waals surface area contributed by atoms with Gasteiger partial charge < -0.3 is 29.2 Å². The molecule has 6 bridgehead atoms. The summed E-state index contributed by atoms with van der Waals surface area (Å²) in [5.74, 6) is 0.281. The average Bonchev–Trinajstić information content (AvgIpc) is 4.58. The molecule has 18 heteroatoms. The Bertz CT molecular complexity index is 3020. The van der Waals surface area contributed by atoms with E-state index < -0.39 is 29.5 Å². The van der Waals surface area contributed by atoms with E-state index in [1.165, 1.54) is 47.6 Å². The molecule has 8 atom stereocenters. The molecular weight excluding hydrogens is 1030 g/mol. The van der Waals surface area contributed by atoms with Crippen LogP contribution in [0.2, 0.25) is 0 Å². The number of fused-ring (bicyclic) bond motifs is 7. The van der Waals surface area contributed by atoms with Crippen LogP contribution in [0.1, 0.15) is 122 Å². The minimum atomic E-state index is -0.944. The molecule has 9 aliphatic rings. The van der Waals surface area contributed by atoms with E-state index in [0.717, 1.165) is 135 Å². The number of hydrazine groups is 1. The number of esters is 1. The second-order valence-corrected chi connectivity index (χ2v) is 27.8. The second-order valence-electron chi connectivity index (χ2n) is 26.8. The Kier molecular flexibility index (Phi) is 14.5. The fourth-order valence-electron chi connectivity index (χ4n) is 15.1. The first-order valence-corrected chi connectivity index (χ1v) is 31.5. The van der Waals surface area contributed by atoms with Crippen molar-refractivity contribution in [3.8, 4) is 22.5 Å². The fraction of sp³-hybridized carbons (Fsp3) is 0.677. The van der Waals surface area contributed by atoms with Crippen LogP contribution in [-0.2, 0) is 48.0 Å². The first-order chi connectivity index (χ1) is 38.6. The van der Waals surface area contributed by atoms with E-state index in [0.29, 0.717) is 55.8 Å². The summed E-state index contributed by atoms with van der Waals surface area (Å²) >= 11 is 1.51. The van der Waals surface area contributed by atoms with E-state index in [-0.39, 0.29) is 48.1 Å². The number of amides is 3. The van der Waals surface area contributed by atoms with Crippen LogP contribution in [0.4, 0.5) is 5.69 Å². The minimum absolute atomic E-state index is 0.0348. The molecule has 1 aromatic carbocycles. The number of rotatable bonds is 11. The first-order valence-electron chi connectivity index (χ1n) is 30.6. The van der Waals surface area contributed by atoms with E-state index in [9.17, 15) is 19.2 Å². The Balaban J connectivity index is 0.799. The van der Waals surface area contributed by atoms with E-state index in [4.69, 9.17) is 19.4 Å². The Morgan fingerprint density at radius 2 is 1.77 bits per heavy atom. The molecule has 1 spiro atoms. The normalized spacial score (nSPS) is 29.8. The van der Waals surface area contributed by atoms with Crippen molar-refractivity contribution in [2.24, 2.45) is 22.7 Å². The number of hydrogen-bond donors (Lipinski definition) is 2. The van der Waals surface area contributed by atoms with E-state index in [1.54, 1.807) is 0 Å². The quantitative estimate of drug-likeness (QED) is 0.121. The van der Waals surface area contributed by atoms with Gasteiger partial charge in [-0.25, -0.2) is 10.4 Å². The lowest BCUT2D eigenvalue weighted by Gasteiger charge is -2.44. The number of ether oxygens (including phenoxy) is 2. The van der Waals surface area contributed by atoms with Gasteiger partial charge in [0, 0.05) is 116 Å². The van der Waals surface area contributed by atoms with Gasteiger partial charge in [-0.2, -0.15) is 0 Å². The van der Waals surface area contributed by atoms with Gasteiger partial charge >= 0.3 is 5.97 Å². The summed E-state index contributed by atoms with van der Waals surface area (Å²) in [6.45, 7) is 24.8. The number of pyridine rings is 1. The lowest BCUT2D eigenvalue weighted by atomic mass is 9.84. The highest BCUT2D eigenvalue weighted by molar-refractivity contribution is 7.10. The predicted molar refractivity (Wildman–Crippen MR) is 310 cm³/mol. The van der Waals surface area contributed by atoms with Crippen molar-refractivity contribution in [2.45, 2.75) is 167 Å². The SMILES string of the molecule is CCn1c(-c2cc(N3CCN4CCOC[C@@H]4C3)cnc2C(C)C)c2c3cc(ccc31)-c1csc(n1)C[C@H](NC(=O)[C@H](C(C)C)N1CC[C@]3(CCN(C(=O)[C@H]4[C@@H](C5CC5)N4C4CC4)C3)C1)C(=O)N1CCC[C@H](N1)C(=O)OCC(C)(C)C2. The number of anilines is 1. The van der Waals surface area contributed by atoms with Gasteiger partial charge in [-0.05, 0) is 113 Å². The van der Waals surface area contributed by atoms with Crippen LogP contribution in [0, 0.1) is 22.7 Å². The van der Waals surface area contributed by atoms with Crippen LogP contribution in [0.15, 0.2) is 35.8 Å². The number of aromatic nitrogens is 3. The molecular formula is C62H85N11O6S. The smallest absolute Gasteiger partial charge is 0.324 e. The van der Waals surface area contributed by atoms with Crippen molar-refractivity contribution >= 4 is 51.6 Å². The summed E-state index contributed by atoms with van der Waals surface area (Å²) < 4.78 is 14.7. The third-order valence-corrected chi connectivity index (χ3v) is 20.4. The van der Waals surface area contributed by atoms with Gasteiger partial charge in [0.25, 0.3) is 5.91 Å². The average molecular weight is 1110 g/mol. The molecule has 1 unspecified atom stereocenters. The molecule has 3 amide bonds. The van der Waals surface area contributed by atoms with Crippen molar-refractivity contribution in [1.82, 2.24) is 49.9 Å². The van der Waals surface area contributed by atoms with Gasteiger partial charge in [-0.15, -0.1) is 11.3 Å². The van der Waals surface area contributed by atoms with Gasteiger partial charge in [0.15, 0.2) is 0 Å². The van der Waals surface area contributed by atoms with Gasteiger partial charge in [0.1, 0.15) is 18.1 Å². The molecule has 80 heavy (non-hydrogen) atoms. The number of benzene rings is 1. The van der Waals surface area contributed by atoms with Gasteiger partial charge in [-0.1, -0.05) is 47.6 Å². The van der Waals surface area contributed by atoms with Gasteiger partial charge in [0.05, 0.1) is 65.9 Å². The summed E-state index contributed by atoms with van der Waals surface area (Å²) in [6.07, 6.45) is 10.8. The molecule has 2 N–H and O–H groups in total. The predicted octanol–water partition coefficient (Wildman–Crippen LogP) is 6.71. The van der Waals surface area contributed by atoms with Gasteiger partial charge in [0.2, 0.25) is 11.8 Å². The summed E-state index contributed by atoms with van der Waals surface area (Å²) in [6, 6.07) is 8.37. The largest absolute Gasteiger partial charge is 0.464 e. The van der Waals surface area contributed by atoms with Gasteiger partial charge in [-0.3, -0.25) is 43.9 Å². The number of morpholine rings is 1. The molecule has 8 fully saturated rings. The molecule has 4 aromatic rings. The molecule has 2 aliphatic carbocycles. The monoisotopic (exact) mass is 1110 g/mol. The van der Waals surface area contributed by atoms with Crippen LogP contribution in [0.25, 0.3) is 33.4 Å². The number of carbonyl (C=O) groups is 4. The van der Waals surface area contributed by atoms with Crippen molar-refractivity contribution in [3.63, 3.8) is 0 Å². The maximum Gasteiger partial charge on any atom is 0.324 e. The second kappa shape index (κ2) is 21.3. The standard InChI is InChI=1S/C62H85N11O6S/c1-8-71-50-16-13-40-26-44(50)46(55(71)45-27-42(30-63-52(45)37(2)3)68-23-22-67-24-25-78-32-43(67)31-68)29-61(6,7)36-79-60(77)47-10-9-19-72(66-47)58(75)48(28-51-64-49(40)33-80-51)65-57(74)53(38(4)5)69-20-17-62(34-69)18-21-70(35-62)59(76)56-54(39-11-12-39)73(56)41-14-15-41/h13,16,26-27,30,33,37-39,41,43,47-48,53-54,56,66H,8-12,14-15,17-25,28-29,31-32,34-36H2,1-7H3,(H,65,74)/t43-,47-,48-,53-,54+,56+,62-,73?/m0/s1. The third kappa shape index (κ3) is 10.4. The molecule has 6 saturated heterocycles. The maximum absolute atomic E-state index is 15.0. The maximum atomic E-state index is 15.0. The lowest BCUT2D eigenvalue weighted by Crippen LogP contribution is -2.62. The fourth-order valence-corrected chi connectivity index (χ4v) is 15.9. The number of thiazole rings is 1. The highest BCUT2D eigenvalue weighted by Gasteiger charge is 2.64. The summed E-state index contributed by atoms with van der Waals surface area (Å²) in [5, 5.41) is 8.77. The van der Waals surface area contributed by atoms with Crippen molar-refractivity contribution in [1.29, 1.82) is 0 Å². The van der Waals surface area contributed by atoms with Crippen LogP contribution >= 0.6 is 11.3 Å². The van der Waals surface area contributed by atoms with Crippen molar-refractivity contribution < 1.29 is 28.7 Å². The number of nitrogens with one attached hydrogen (secondary N) is 2. The molecule has 430 valence electrons. The Hall–Kier alpha value is -4.98. The molecule has 0 radical (unpaired) electrons. The zero-order valence-corrected chi connectivity index (χ0v) is 49.2. The van der Waals surface area contributed by atoms with E-state index >= 15 is 0 Å². The highest BCUT2D eigenvalue weighted by Crippen LogP contribution is 2.53. The summed E-state index contributed by atoms with van der Waals surface area (Å²) in [4.78, 5) is 80.9. The zero-order valence-electron chi connectivity index (χ0n) is 48.4. The zero-order chi connectivity index (χ0) is 55.4. The molecule has 10 heterocycles. The summed E-state index contributed by atoms with van der Waals surface area (Å²) in [5.41, 5.74) is 11.3. The van der Waals surface area contributed by atoms with Crippen LogP contribution in [-0.4, -0.2) is 184 Å². The Labute approximate surface area is 476 Å². The van der Waals surface area contributed by atoms with Crippen molar-refractivity contribution in [3.05, 3.63) is 52.1 Å². The third-order valence-electron chi connectivity index (χ3n) is 19.6. The van der Waals surface area contributed by atoms with Crippen LogP contribution < -0.4 is 15.6 Å². The number of nitrogens with zero attached hydrogens (tertiary/aromatic N) is 9. The lowest BCUT2D eigenvalue weighted by molar-refractivity contribution is -0.155. The van der Waals surface area contributed by atoms with Crippen LogP contribution in [0.3, 0.4) is 0 Å². The number of cyclic esters (lactones) is 1. The van der Waals surface area contributed by atoms with Crippen LogP contribution in [0.5, 0.6) is 0 Å². The Morgan fingerprint density at radius 1 is 0.950 bits per heavy atom. The number of hydrogen-bond acceptors (Lipinski definition) is 14. The summed E-state index contributed by atoms with van der Waals surface area (Å²) in [7, 11) is 0. The van der Waals surface area contributed by atoms with E-state index in [1.807, 2.05) is 0 Å². The molecule has 17 nitrogen and oxygen atoms in total. The minimum Gasteiger partial charge on any atom is -0.464 e. The topological polar surface area (TPSA) is 161 Å². The number of likely N-dealkylation sites (tertiary alicyclic amines) is 2. The number of aryl methyl sites for hydroxylation is 1. The molecule has 3 aromatic heterocycles.